The average molecular weight is 215 g/mol. The maximum atomic E-state index is 6.00. The fourth-order valence-electron chi connectivity index (χ4n) is 2.57. The molecular formula is C10H21N3S. The molecule has 14 heavy (non-hydrogen) atoms. The number of piperidine rings is 1. The Morgan fingerprint density at radius 1 is 1.29 bits per heavy atom. The van der Waals surface area contributed by atoms with Crippen molar-refractivity contribution in [2.24, 2.45) is 5.73 Å². The van der Waals surface area contributed by atoms with E-state index >= 15 is 0 Å². The number of rotatable bonds is 1. The molecule has 2 unspecified atom stereocenters. The number of hydrogen-bond donors (Lipinski definition) is 2. The number of nitrogens with two attached hydrogens (primary N) is 1. The highest BCUT2D eigenvalue weighted by Crippen LogP contribution is 2.24. The molecule has 0 amide bonds. The Morgan fingerprint density at radius 3 is 2.79 bits per heavy atom. The molecule has 0 saturated carbocycles. The second kappa shape index (κ2) is 4.00. The molecule has 0 aromatic heterocycles. The van der Waals surface area contributed by atoms with E-state index in [9.17, 15) is 0 Å². The maximum Gasteiger partial charge on any atom is 0.111 e. The van der Waals surface area contributed by atoms with Crippen LogP contribution in [0.15, 0.2) is 0 Å². The fraction of sp³-hybridized carbons (Fsp3) is 1.00. The van der Waals surface area contributed by atoms with Gasteiger partial charge in [-0.3, -0.25) is 9.80 Å². The third kappa shape index (κ3) is 2.24. The van der Waals surface area contributed by atoms with Gasteiger partial charge in [-0.1, -0.05) is 6.42 Å². The molecule has 4 heteroatoms. The highest BCUT2D eigenvalue weighted by atomic mass is 32.1. The third-order valence-electron chi connectivity index (χ3n) is 3.48. The van der Waals surface area contributed by atoms with Crippen LogP contribution < -0.4 is 5.73 Å². The molecule has 2 rings (SSSR count). The first-order chi connectivity index (χ1) is 6.57. The second-order valence-electron chi connectivity index (χ2n) is 4.73. The van der Waals surface area contributed by atoms with Crippen LogP contribution in [-0.4, -0.2) is 47.0 Å². The molecule has 2 aliphatic heterocycles. The van der Waals surface area contributed by atoms with Gasteiger partial charge in [0, 0.05) is 25.7 Å². The maximum absolute atomic E-state index is 6.00. The molecule has 2 saturated heterocycles. The molecule has 0 aromatic carbocycles. The quantitative estimate of drug-likeness (QED) is 0.499. The Hall–Kier alpha value is 0.230. The molecule has 3 nitrogen and oxygen atoms in total. The SMILES string of the molecule is CC(N)(S)N1CCN2CCCCC2C1. The van der Waals surface area contributed by atoms with E-state index in [1.54, 1.807) is 0 Å². The van der Waals surface area contributed by atoms with Gasteiger partial charge in [-0.25, -0.2) is 0 Å². The summed E-state index contributed by atoms with van der Waals surface area (Å²) in [6.07, 6.45) is 4.08. The summed E-state index contributed by atoms with van der Waals surface area (Å²) in [5.41, 5.74) is 6.00. The zero-order valence-corrected chi connectivity index (χ0v) is 9.84. The van der Waals surface area contributed by atoms with Crippen molar-refractivity contribution in [1.29, 1.82) is 0 Å². The van der Waals surface area contributed by atoms with Gasteiger partial charge in [0.15, 0.2) is 0 Å². The van der Waals surface area contributed by atoms with E-state index in [0.717, 1.165) is 25.7 Å². The van der Waals surface area contributed by atoms with Crippen molar-refractivity contribution >= 4 is 12.6 Å². The van der Waals surface area contributed by atoms with Crippen LogP contribution in [0.3, 0.4) is 0 Å². The lowest BCUT2D eigenvalue weighted by atomic mass is 9.99. The van der Waals surface area contributed by atoms with Crippen LogP contribution in [0, 0.1) is 0 Å². The van der Waals surface area contributed by atoms with Gasteiger partial charge in [0.25, 0.3) is 0 Å². The van der Waals surface area contributed by atoms with Gasteiger partial charge in [-0.15, -0.1) is 12.6 Å². The molecule has 0 spiro atoms. The predicted molar refractivity (Wildman–Crippen MR) is 62.4 cm³/mol. The Bertz CT molecular complexity index is 202. The average Bonchev–Trinajstić information content (AvgIpc) is 2.16. The lowest BCUT2D eigenvalue weighted by Gasteiger charge is -2.47. The molecule has 0 bridgehead atoms. The van der Waals surface area contributed by atoms with Crippen molar-refractivity contribution in [2.75, 3.05) is 26.2 Å². The highest BCUT2D eigenvalue weighted by molar-refractivity contribution is 7.81. The minimum Gasteiger partial charge on any atom is -0.305 e. The van der Waals surface area contributed by atoms with Crippen LogP contribution in [0.25, 0.3) is 0 Å². The topological polar surface area (TPSA) is 32.5 Å². The van der Waals surface area contributed by atoms with Gasteiger partial charge in [0.1, 0.15) is 4.99 Å². The molecule has 82 valence electrons. The van der Waals surface area contributed by atoms with Gasteiger partial charge in [0.2, 0.25) is 0 Å². The van der Waals surface area contributed by atoms with Crippen LogP contribution in [0.1, 0.15) is 26.2 Å². The minimum absolute atomic E-state index is 0.441. The number of thiol groups is 1. The molecule has 2 fully saturated rings. The summed E-state index contributed by atoms with van der Waals surface area (Å²) in [5.74, 6) is 0. The van der Waals surface area contributed by atoms with E-state index in [-0.39, 0.29) is 0 Å². The van der Waals surface area contributed by atoms with Gasteiger partial charge < -0.3 is 5.73 Å². The van der Waals surface area contributed by atoms with E-state index in [4.69, 9.17) is 5.73 Å². The fourth-order valence-corrected chi connectivity index (χ4v) is 2.75. The smallest absolute Gasteiger partial charge is 0.111 e. The molecule has 2 heterocycles. The first-order valence-corrected chi connectivity index (χ1v) is 6.02. The van der Waals surface area contributed by atoms with E-state index in [1.165, 1.54) is 25.8 Å². The van der Waals surface area contributed by atoms with Crippen molar-refractivity contribution in [1.82, 2.24) is 9.80 Å². The first-order valence-electron chi connectivity index (χ1n) is 5.58. The van der Waals surface area contributed by atoms with Crippen LogP contribution in [0.2, 0.25) is 0 Å². The van der Waals surface area contributed by atoms with Crippen LogP contribution in [0.4, 0.5) is 0 Å². The molecule has 2 aliphatic rings. The lowest BCUT2D eigenvalue weighted by Crippen LogP contribution is -2.61. The van der Waals surface area contributed by atoms with Crippen molar-refractivity contribution in [2.45, 2.75) is 37.2 Å². The summed E-state index contributed by atoms with van der Waals surface area (Å²) < 4.78 is 0. The van der Waals surface area contributed by atoms with Crippen molar-refractivity contribution in [3.63, 3.8) is 0 Å². The monoisotopic (exact) mass is 215 g/mol. The summed E-state index contributed by atoms with van der Waals surface area (Å²) >= 11 is 4.44. The van der Waals surface area contributed by atoms with Gasteiger partial charge in [-0.2, -0.15) is 0 Å². The molecule has 0 aromatic rings. The van der Waals surface area contributed by atoms with E-state index in [1.807, 2.05) is 6.92 Å². The number of fused-ring (bicyclic) bond motifs is 1. The molecule has 2 atom stereocenters. The Balaban J connectivity index is 1.96. The Kier molecular flexibility index (Phi) is 3.07. The van der Waals surface area contributed by atoms with Crippen LogP contribution in [-0.2, 0) is 0 Å². The normalized spacial score (nSPS) is 34.9. The summed E-state index contributed by atoms with van der Waals surface area (Å²) in [4.78, 5) is 4.46. The zero-order valence-electron chi connectivity index (χ0n) is 8.95. The third-order valence-corrected chi connectivity index (χ3v) is 3.76. The number of hydrogen-bond acceptors (Lipinski definition) is 4. The highest BCUT2D eigenvalue weighted by Gasteiger charge is 2.33. The Morgan fingerprint density at radius 2 is 2.07 bits per heavy atom. The molecule has 2 N–H and O–H groups in total. The van der Waals surface area contributed by atoms with Crippen molar-refractivity contribution < 1.29 is 0 Å². The zero-order chi connectivity index (χ0) is 10.2. The molecular weight excluding hydrogens is 194 g/mol. The van der Waals surface area contributed by atoms with E-state index < -0.39 is 4.99 Å². The second-order valence-corrected chi connectivity index (χ2v) is 5.63. The van der Waals surface area contributed by atoms with E-state index in [2.05, 4.69) is 22.4 Å². The van der Waals surface area contributed by atoms with Crippen LogP contribution in [0.5, 0.6) is 0 Å². The van der Waals surface area contributed by atoms with Crippen molar-refractivity contribution in [3.8, 4) is 0 Å². The number of nitrogens with zero attached hydrogens (tertiary/aromatic N) is 2. The van der Waals surface area contributed by atoms with E-state index in [0.29, 0.717) is 0 Å². The summed E-state index contributed by atoms with van der Waals surface area (Å²) in [7, 11) is 0. The summed E-state index contributed by atoms with van der Waals surface area (Å²) in [6, 6.07) is 0.729. The Labute approximate surface area is 92.0 Å². The van der Waals surface area contributed by atoms with Crippen LogP contribution >= 0.6 is 12.6 Å². The largest absolute Gasteiger partial charge is 0.305 e. The summed E-state index contributed by atoms with van der Waals surface area (Å²) in [5, 5.41) is 0. The lowest BCUT2D eigenvalue weighted by molar-refractivity contribution is 0.0242. The predicted octanol–water partition coefficient (Wildman–Crippen LogP) is 0.719. The summed E-state index contributed by atoms with van der Waals surface area (Å²) in [6.45, 7) is 6.59. The minimum atomic E-state index is -0.441. The molecule has 0 aliphatic carbocycles. The first kappa shape index (κ1) is 10.7. The van der Waals surface area contributed by atoms with Gasteiger partial charge >= 0.3 is 0 Å². The van der Waals surface area contributed by atoms with Gasteiger partial charge in [0.05, 0.1) is 0 Å². The van der Waals surface area contributed by atoms with Crippen molar-refractivity contribution in [3.05, 3.63) is 0 Å². The van der Waals surface area contributed by atoms with Gasteiger partial charge in [-0.05, 0) is 26.3 Å². The standard InChI is InChI=1S/C10H21N3S/c1-10(11,14)13-7-6-12-5-3-2-4-9(12)8-13/h9,14H,2-8,11H2,1H3. The molecule has 0 radical (unpaired) electrons. The number of piperazine rings is 1.